The molecule has 0 saturated carbocycles. The molecule has 0 aliphatic carbocycles. The van der Waals surface area contributed by atoms with Gasteiger partial charge in [-0.3, -0.25) is 0 Å². The van der Waals surface area contributed by atoms with Crippen LogP contribution in [0.4, 0.5) is 0 Å². The molecule has 0 amide bonds. The highest BCUT2D eigenvalue weighted by atomic mass is 16.5. The molecule has 2 heteroatoms. The van der Waals surface area contributed by atoms with Crippen LogP contribution in [-0.2, 0) is 11.2 Å². The number of hydrogen-bond acceptors (Lipinski definition) is 2. The summed E-state index contributed by atoms with van der Waals surface area (Å²) in [6.07, 6.45) is 4.31. The van der Waals surface area contributed by atoms with Crippen molar-refractivity contribution in [1.82, 2.24) is 4.90 Å². The lowest BCUT2D eigenvalue weighted by Gasteiger charge is -2.44. The van der Waals surface area contributed by atoms with E-state index in [4.69, 9.17) is 4.74 Å². The standard InChI is InChI=1S/C14H19NO/c1-15(2)13-8-7-11-9-10-5-3-4-6-12(10)14(13)16-11/h3-6,11,13-14H,7-9H2,1-2H3/t11-,13+,14-/m1/s1. The third kappa shape index (κ3) is 1.57. The zero-order valence-corrected chi connectivity index (χ0v) is 10.0. The number of fused-ring (bicyclic) bond motifs is 4. The van der Waals surface area contributed by atoms with Gasteiger partial charge in [0.1, 0.15) is 0 Å². The molecule has 0 unspecified atom stereocenters. The average Bonchev–Trinajstić information content (AvgIpc) is 2.29. The van der Waals surface area contributed by atoms with Gasteiger partial charge in [0.05, 0.1) is 12.2 Å². The van der Waals surface area contributed by atoms with Crippen LogP contribution in [0.5, 0.6) is 0 Å². The summed E-state index contributed by atoms with van der Waals surface area (Å²) in [7, 11) is 4.32. The lowest BCUT2D eigenvalue weighted by molar-refractivity contribution is -0.101. The fourth-order valence-corrected chi connectivity index (χ4v) is 3.08. The van der Waals surface area contributed by atoms with Crippen molar-refractivity contribution in [2.45, 2.75) is 37.5 Å². The Hall–Kier alpha value is -0.860. The van der Waals surface area contributed by atoms with Crippen LogP contribution in [0.15, 0.2) is 24.3 Å². The van der Waals surface area contributed by atoms with Crippen molar-refractivity contribution in [2.75, 3.05) is 14.1 Å². The zero-order chi connectivity index (χ0) is 11.1. The van der Waals surface area contributed by atoms with Gasteiger partial charge in [0.2, 0.25) is 0 Å². The van der Waals surface area contributed by atoms with Crippen molar-refractivity contribution in [3.8, 4) is 0 Å². The number of nitrogens with zero attached hydrogens (tertiary/aromatic N) is 1. The second-order valence-electron chi connectivity index (χ2n) is 5.19. The normalized spacial score (nSPS) is 32.6. The molecular weight excluding hydrogens is 198 g/mol. The van der Waals surface area contributed by atoms with Gasteiger partial charge in [-0.05, 0) is 44.5 Å². The third-order valence-corrected chi connectivity index (χ3v) is 3.95. The van der Waals surface area contributed by atoms with Crippen LogP contribution >= 0.6 is 0 Å². The molecule has 0 N–H and O–H groups in total. The van der Waals surface area contributed by atoms with Crippen molar-refractivity contribution in [3.05, 3.63) is 35.4 Å². The molecule has 2 bridgehead atoms. The fraction of sp³-hybridized carbons (Fsp3) is 0.571. The van der Waals surface area contributed by atoms with Crippen molar-refractivity contribution in [3.63, 3.8) is 0 Å². The van der Waals surface area contributed by atoms with Crippen LogP contribution in [0, 0.1) is 0 Å². The lowest BCUT2D eigenvalue weighted by Crippen LogP contribution is -2.44. The van der Waals surface area contributed by atoms with Gasteiger partial charge in [0.15, 0.2) is 0 Å². The first-order chi connectivity index (χ1) is 7.75. The highest BCUT2D eigenvalue weighted by molar-refractivity contribution is 5.33. The van der Waals surface area contributed by atoms with E-state index >= 15 is 0 Å². The first-order valence-corrected chi connectivity index (χ1v) is 6.15. The summed E-state index contributed by atoms with van der Waals surface area (Å²) in [5.74, 6) is 0. The Morgan fingerprint density at radius 2 is 2.00 bits per heavy atom. The molecule has 16 heavy (non-hydrogen) atoms. The van der Waals surface area contributed by atoms with E-state index in [-0.39, 0.29) is 0 Å². The predicted molar refractivity (Wildman–Crippen MR) is 64.5 cm³/mol. The van der Waals surface area contributed by atoms with Gasteiger partial charge < -0.3 is 9.64 Å². The summed E-state index contributed by atoms with van der Waals surface area (Å²) < 4.78 is 6.18. The maximum Gasteiger partial charge on any atom is 0.0986 e. The summed E-state index contributed by atoms with van der Waals surface area (Å²) >= 11 is 0. The van der Waals surface area contributed by atoms with E-state index in [1.807, 2.05) is 0 Å². The number of benzene rings is 1. The minimum absolute atomic E-state index is 0.290. The second-order valence-corrected chi connectivity index (χ2v) is 5.19. The van der Waals surface area contributed by atoms with Crippen LogP contribution < -0.4 is 0 Å². The third-order valence-electron chi connectivity index (χ3n) is 3.95. The van der Waals surface area contributed by atoms with Crippen LogP contribution in [-0.4, -0.2) is 31.1 Å². The van der Waals surface area contributed by atoms with Crippen molar-refractivity contribution >= 4 is 0 Å². The molecule has 0 aromatic heterocycles. The second kappa shape index (κ2) is 3.86. The Labute approximate surface area is 97.2 Å². The molecule has 2 heterocycles. The Morgan fingerprint density at radius 3 is 2.81 bits per heavy atom. The van der Waals surface area contributed by atoms with Crippen LogP contribution in [0.2, 0.25) is 0 Å². The summed E-state index contributed by atoms with van der Waals surface area (Å²) in [5, 5.41) is 0. The quantitative estimate of drug-likeness (QED) is 0.716. The van der Waals surface area contributed by atoms with Gasteiger partial charge >= 0.3 is 0 Å². The molecule has 0 spiro atoms. The van der Waals surface area contributed by atoms with Crippen molar-refractivity contribution in [1.29, 1.82) is 0 Å². The fourth-order valence-electron chi connectivity index (χ4n) is 3.08. The van der Waals surface area contributed by atoms with Gasteiger partial charge in [-0.2, -0.15) is 0 Å². The van der Waals surface area contributed by atoms with Crippen molar-refractivity contribution < 1.29 is 4.74 Å². The van der Waals surface area contributed by atoms with Crippen LogP contribution in [0.1, 0.15) is 30.1 Å². The zero-order valence-electron chi connectivity index (χ0n) is 10.0. The molecule has 3 atom stereocenters. The van der Waals surface area contributed by atoms with Crippen LogP contribution in [0.25, 0.3) is 0 Å². The minimum atomic E-state index is 0.290. The van der Waals surface area contributed by atoms with E-state index in [1.54, 1.807) is 0 Å². The number of hydrogen-bond donors (Lipinski definition) is 0. The minimum Gasteiger partial charge on any atom is -0.368 e. The average molecular weight is 217 g/mol. The highest BCUT2D eigenvalue weighted by Gasteiger charge is 2.38. The van der Waals surface area contributed by atoms with Gasteiger partial charge in [-0.25, -0.2) is 0 Å². The Balaban J connectivity index is 2.00. The van der Waals surface area contributed by atoms with Gasteiger partial charge in [0, 0.05) is 6.04 Å². The molecule has 1 saturated heterocycles. The lowest BCUT2D eigenvalue weighted by atomic mass is 9.83. The highest BCUT2D eigenvalue weighted by Crippen LogP contribution is 2.40. The largest absolute Gasteiger partial charge is 0.368 e. The topological polar surface area (TPSA) is 12.5 Å². The molecule has 2 aliphatic heterocycles. The first-order valence-electron chi connectivity index (χ1n) is 6.15. The Bertz CT molecular complexity index is 388. The Kier molecular flexibility index (Phi) is 2.49. The molecule has 1 aromatic carbocycles. The number of likely N-dealkylation sites (N-methyl/N-ethyl adjacent to an activating group) is 1. The van der Waals surface area contributed by atoms with E-state index < -0.39 is 0 Å². The molecule has 1 fully saturated rings. The molecule has 2 aliphatic rings. The molecule has 3 rings (SSSR count). The van der Waals surface area contributed by atoms with Gasteiger partial charge in [-0.1, -0.05) is 24.3 Å². The van der Waals surface area contributed by atoms with E-state index in [0.29, 0.717) is 18.2 Å². The summed E-state index contributed by atoms with van der Waals surface area (Å²) in [6, 6.07) is 9.31. The smallest absolute Gasteiger partial charge is 0.0986 e. The maximum absolute atomic E-state index is 6.18. The van der Waals surface area contributed by atoms with E-state index in [2.05, 4.69) is 43.3 Å². The SMILES string of the molecule is CN(C)[C@H]1CC[C@@H]2Cc3ccccc3[C@H]1O2. The number of ether oxygens (including phenoxy) is 1. The molecule has 2 nitrogen and oxygen atoms in total. The van der Waals surface area contributed by atoms with Gasteiger partial charge in [-0.15, -0.1) is 0 Å². The number of rotatable bonds is 1. The van der Waals surface area contributed by atoms with E-state index in [1.165, 1.54) is 24.0 Å². The molecule has 0 radical (unpaired) electrons. The van der Waals surface area contributed by atoms with E-state index in [9.17, 15) is 0 Å². The van der Waals surface area contributed by atoms with Gasteiger partial charge in [0.25, 0.3) is 0 Å². The first kappa shape index (κ1) is 10.3. The molecular formula is C14H19NO. The molecule has 86 valence electrons. The Morgan fingerprint density at radius 1 is 1.19 bits per heavy atom. The predicted octanol–water partition coefficient (Wildman–Crippen LogP) is 2.39. The van der Waals surface area contributed by atoms with Crippen LogP contribution in [0.3, 0.4) is 0 Å². The summed E-state index contributed by atoms with van der Waals surface area (Å²) in [6.45, 7) is 0. The monoisotopic (exact) mass is 217 g/mol. The summed E-state index contributed by atoms with van der Waals surface area (Å²) in [4.78, 5) is 2.31. The molecule has 1 aromatic rings. The van der Waals surface area contributed by atoms with Crippen molar-refractivity contribution in [2.24, 2.45) is 0 Å². The van der Waals surface area contributed by atoms with E-state index in [0.717, 1.165) is 6.42 Å². The summed E-state index contributed by atoms with van der Waals surface area (Å²) in [5.41, 5.74) is 2.91. The maximum atomic E-state index is 6.18.